The van der Waals surface area contributed by atoms with Crippen molar-refractivity contribution in [1.29, 1.82) is 0 Å². The summed E-state index contributed by atoms with van der Waals surface area (Å²) in [5.74, 6) is -0.180. The minimum absolute atomic E-state index is 0.147. The molecular weight excluding hydrogens is 240 g/mol. The summed E-state index contributed by atoms with van der Waals surface area (Å²) in [6.45, 7) is 4.13. The summed E-state index contributed by atoms with van der Waals surface area (Å²) in [7, 11) is 0. The Morgan fingerprint density at radius 1 is 1.32 bits per heavy atom. The van der Waals surface area contributed by atoms with Crippen LogP contribution < -0.4 is 0 Å². The topological polar surface area (TPSA) is 43.4 Å². The van der Waals surface area contributed by atoms with Gasteiger partial charge in [0, 0.05) is 18.1 Å². The molecule has 0 aliphatic carbocycles. The highest BCUT2D eigenvalue weighted by Crippen LogP contribution is 2.09. The van der Waals surface area contributed by atoms with E-state index in [0.717, 1.165) is 17.5 Å². The zero-order valence-electron chi connectivity index (χ0n) is 11.5. The number of hydrogen-bond acceptors (Lipinski definition) is 3. The third-order valence-electron chi connectivity index (χ3n) is 2.66. The molecule has 0 amide bonds. The van der Waals surface area contributed by atoms with Crippen LogP contribution >= 0.6 is 0 Å². The molecule has 0 aliphatic rings. The van der Waals surface area contributed by atoms with Gasteiger partial charge in [-0.25, -0.2) is 4.79 Å². The molecule has 3 heteroatoms. The van der Waals surface area contributed by atoms with Crippen LogP contribution in [0.3, 0.4) is 0 Å². The molecule has 1 aromatic rings. The average molecular weight is 260 g/mol. The van der Waals surface area contributed by atoms with Gasteiger partial charge >= 0.3 is 5.97 Å². The molecule has 1 rings (SSSR count). The maximum absolute atomic E-state index is 11.9. The minimum Gasteiger partial charge on any atom is -0.463 e. The Balaban J connectivity index is 2.30. The number of carbonyl (C=O) groups excluding carboxylic acids is 2. The first-order chi connectivity index (χ1) is 9.13. The lowest BCUT2D eigenvalue weighted by Crippen LogP contribution is -2.00. The lowest BCUT2D eigenvalue weighted by molar-refractivity contribution is -0.137. The van der Waals surface area contributed by atoms with Gasteiger partial charge in [-0.15, -0.1) is 0 Å². The lowest BCUT2D eigenvalue weighted by atomic mass is 10.0. The second-order valence-electron chi connectivity index (χ2n) is 4.34. The molecule has 0 N–H and O–H groups in total. The molecule has 0 unspecified atom stereocenters. The van der Waals surface area contributed by atoms with Crippen LogP contribution in [0.2, 0.25) is 0 Å². The largest absolute Gasteiger partial charge is 0.463 e. The maximum Gasteiger partial charge on any atom is 0.330 e. The molecule has 0 heterocycles. The van der Waals surface area contributed by atoms with Gasteiger partial charge in [0.05, 0.1) is 6.61 Å². The van der Waals surface area contributed by atoms with E-state index in [9.17, 15) is 9.59 Å². The van der Waals surface area contributed by atoms with Gasteiger partial charge < -0.3 is 4.74 Å². The van der Waals surface area contributed by atoms with E-state index in [1.807, 2.05) is 31.2 Å². The number of esters is 1. The number of allylic oxidation sites excluding steroid dienone is 1. The molecule has 0 aliphatic heterocycles. The third-order valence-corrected chi connectivity index (χ3v) is 2.66. The zero-order valence-corrected chi connectivity index (χ0v) is 11.5. The van der Waals surface area contributed by atoms with Crippen molar-refractivity contribution in [2.45, 2.75) is 33.1 Å². The summed E-state index contributed by atoms with van der Waals surface area (Å²) in [6, 6.07) is 7.60. The predicted molar refractivity (Wildman–Crippen MR) is 75.1 cm³/mol. The van der Waals surface area contributed by atoms with E-state index in [0.29, 0.717) is 19.4 Å². The van der Waals surface area contributed by atoms with Crippen LogP contribution in [0.1, 0.15) is 42.1 Å². The maximum atomic E-state index is 11.9. The van der Waals surface area contributed by atoms with Crippen LogP contribution in [0.5, 0.6) is 0 Å². The summed E-state index contributed by atoms with van der Waals surface area (Å²) in [4.78, 5) is 22.9. The first kappa shape index (κ1) is 15.2. The third kappa shape index (κ3) is 6.00. The van der Waals surface area contributed by atoms with E-state index in [1.54, 1.807) is 13.0 Å². The average Bonchev–Trinajstić information content (AvgIpc) is 2.38. The smallest absolute Gasteiger partial charge is 0.330 e. The Labute approximate surface area is 114 Å². The van der Waals surface area contributed by atoms with Gasteiger partial charge in [0.1, 0.15) is 0 Å². The quantitative estimate of drug-likeness (QED) is 0.326. The highest BCUT2D eigenvalue weighted by molar-refractivity contribution is 5.96. The number of Topliss-reactive ketones (excluding diaryl/α,β-unsaturated/α-hetero) is 1. The fraction of sp³-hybridized carbons (Fsp3) is 0.375. The SMILES string of the molecule is CCOC(=O)/C=C/CCCC(=O)c1cccc(C)c1. The van der Waals surface area contributed by atoms with Crippen LogP contribution in [0, 0.1) is 6.92 Å². The summed E-state index contributed by atoms with van der Waals surface area (Å²) in [5, 5.41) is 0. The van der Waals surface area contributed by atoms with Crippen LogP contribution in [0.4, 0.5) is 0 Å². The summed E-state index contributed by atoms with van der Waals surface area (Å²) in [5.41, 5.74) is 1.85. The number of unbranched alkanes of at least 4 members (excludes halogenated alkanes) is 1. The minimum atomic E-state index is -0.326. The summed E-state index contributed by atoms with van der Waals surface area (Å²) < 4.78 is 4.76. The van der Waals surface area contributed by atoms with Crippen LogP contribution in [-0.4, -0.2) is 18.4 Å². The Kier molecular flexibility index (Phi) is 6.58. The van der Waals surface area contributed by atoms with Gasteiger partial charge in [-0.3, -0.25) is 4.79 Å². The van der Waals surface area contributed by atoms with Gasteiger partial charge in [0.15, 0.2) is 5.78 Å². The fourth-order valence-corrected chi connectivity index (χ4v) is 1.71. The number of benzene rings is 1. The van der Waals surface area contributed by atoms with Crippen molar-refractivity contribution in [3.63, 3.8) is 0 Å². The number of rotatable bonds is 7. The monoisotopic (exact) mass is 260 g/mol. The van der Waals surface area contributed by atoms with Crippen molar-refractivity contribution < 1.29 is 14.3 Å². The Bertz CT molecular complexity index is 461. The Morgan fingerprint density at radius 3 is 2.79 bits per heavy atom. The molecule has 0 radical (unpaired) electrons. The van der Waals surface area contributed by atoms with Gasteiger partial charge in [-0.05, 0) is 32.8 Å². The van der Waals surface area contributed by atoms with Gasteiger partial charge in [-0.2, -0.15) is 0 Å². The zero-order chi connectivity index (χ0) is 14.1. The molecule has 0 fully saturated rings. The number of carbonyl (C=O) groups is 2. The van der Waals surface area contributed by atoms with E-state index < -0.39 is 0 Å². The molecule has 0 aromatic heterocycles. The Hall–Kier alpha value is -1.90. The van der Waals surface area contributed by atoms with E-state index in [4.69, 9.17) is 4.74 Å². The van der Waals surface area contributed by atoms with Crippen molar-refractivity contribution in [3.05, 3.63) is 47.5 Å². The molecular formula is C16H20O3. The van der Waals surface area contributed by atoms with Crippen molar-refractivity contribution in [1.82, 2.24) is 0 Å². The number of ketones is 1. The number of ether oxygens (including phenoxy) is 1. The molecule has 0 saturated heterocycles. The second kappa shape index (κ2) is 8.25. The number of hydrogen-bond donors (Lipinski definition) is 0. The molecule has 0 bridgehead atoms. The summed E-state index contributed by atoms with van der Waals surface area (Å²) >= 11 is 0. The van der Waals surface area contributed by atoms with Crippen LogP contribution in [0.25, 0.3) is 0 Å². The van der Waals surface area contributed by atoms with Crippen molar-refractivity contribution in [2.75, 3.05) is 6.61 Å². The van der Waals surface area contributed by atoms with E-state index in [2.05, 4.69) is 0 Å². The molecule has 102 valence electrons. The van der Waals surface area contributed by atoms with E-state index >= 15 is 0 Å². The van der Waals surface area contributed by atoms with Crippen molar-refractivity contribution in [2.24, 2.45) is 0 Å². The molecule has 19 heavy (non-hydrogen) atoms. The Morgan fingerprint density at radius 2 is 2.11 bits per heavy atom. The van der Waals surface area contributed by atoms with Gasteiger partial charge in [0.25, 0.3) is 0 Å². The lowest BCUT2D eigenvalue weighted by Gasteiger charge is -2.01. The standard InChI is InChI=1S/C16H20O3/c1-3-19-16(18)11-6-4-5-10-15(17)14-9-7-8-13(2)12-14/h6-9,11-12H,3-5,10H2,1-2H3/b11-6+. The van der Waals surface area contributed by atoms with Gasteiger partial charge in [-0.1, -0.05) is 29.8 Å². The summed E-state index contributed by atoms with van der Waals surface area (Å²) in [6.07, 6.45) is 5.11. The normalized spacial score (nSPS) is 10.6. The first-order valence-corrected chi connectivity index (χ1v) is 6.56. The molecule has 0 atom stereocenters. The fourth-order valence-electron chi connectivity index (χ4n) is 1.71. The molecule has 1 aromatic carbocycles. The first-order valence-electron chi connectivity index (χ1n) is 6.56. The van der Waals surface area contributed by atoms with Crippen molar-refractivity contribution in [3.8, 4) is 0 Å². The molecule has 0 saturated carbocycles. The number of aryl methyl sites for hydroxylation is 1. The highest BCUT2D eigenvalue weighted by Gasteiger charge is 2.04. The van der Waals surface area contributed by atoms with Crippen LogP contribution in [-0.2, 0) is 9.53 Å². The van der Waals surface area contributed by atoms with E-state index in [1.165, 1.54) is 6.08 Å². The molecule has 3 nitrogen and oxygen atoms in total. The second-order valence-corrected chi connectivity index (χ2v) is 4.34. The van der Waals surface area contributed by atoms with Crippen molar-refractivity contribution >= 4 is 11.8 Å². The van der Waals surface area contributed by atoms with Gasteiger partial charge in [0.2, 0.25) is 0 Å². The van der Waals surface area contributed by atoms with E-state index in [-0.39, 0.29) is 11.8 Å². The highest BCUT2D eigenvalue weighted by atomic mass is 16.5. The molecule has 0 spiro atoms. The predicted octanol–water partition coefficient (Wildman–Crippen LogP) is 3.47. The van der Waals surface area contributed by atoms with Crippen LogP contribution in [0.15, 0.2) is 36.4 Å².